The summed E-state index contributed by atoms with van der Waals surface area (Å²) in [6.07, 6.45) is 0. The van der Waals surface area contributed by atoms with E-state index in [1.165, 1.54) is 0 Å². The molecule has 0 unspecified atom stereocenters. The quantitative estimate of drug-likeness (QED) is 0.284. The van der Waals surface area contributed by atoms with Gasteiger partial charge in [0, 0.05) is 31.4 Å². The highest BCUT2D eigenvalue weighted by molar-refractivity contribution is 14.0. The molecule has 3 N–H and O–H groups in total. The van der Waals surface area contributed by atoms with Gasteiger partial charge in [0.2, 0.25) is 0 Å². The lowest BCUT2D eigenvalue weighted by Crippen LogP contribution is -2.37. The molecule has 9 heteroatoms. The first kappa shape index (κ1) is 24.6. The molecule has 0 radical (unpaired) electrons. The highest BCUT2D eigenvalue weighted by Gasteiger charge is 2.09. The number of rotatable bonds is 7. The Morgan fingerprint density at radius 2 is 1.71 bits per heavy atom. The molecule has 6 nitrogen and oxygen atoms in total. The van der Waals surface area contributed by atoms with E-state index in [1.54, 1.807) is 0 Å². The largest absolute Gasteiger partial charge is 0.357 e. The number of halogens is 3. The zero-order chi connectivity index (χ0) is 19.8. The van der Waals surface area contributed by atoms with Crippen molar-refractivity contribution in [2.75, 3.05) is 13.1 Å². The number of aliphatic imine (C=N–C) groups is 1. The van der Waals surface area contributed by atoms with Crippen LogP contribution in [0.25, 0.3) is 0 Å². The molecular weight excluding hydrogens is 512 g/mol. The number of aromatic nitrogens is 1. The van der Waals surface area contributed by atoms with Crippen LogP contribution in [-0.2, 0) is 20.1 Å². The van der Waals surface area contributed by atoms with Crippen LogP contribution in [0.5, 0.6) is 0 Å². The Morgan fingerprint density at radius 1 is 1.07 bits per heavy atom. The summed E-state index contributed by atoms with van der Waals surface area (Å²) < 4.78 is 1.83. The zero-order valence-corrected chi connectivity index (χ0v) is 20.0. The smallest absolute Gasteiger partial charge is 0.251 e. The van der Waals surface area contributed by atoms with Crippen molar-refractivity contribution in [3.63, 3.8) is 0 Å². The topological polar surface area (TPSA) is 70.4 Å². The average Bonchev–Trinajstić information content (AvgIpc) is 2.91. The van der Waals surface area contributed by atoms with Crippen LogP contribution in [0.2, 0.25) is 10.2 Å². The summed E-state index contributed by atoms with van der Waals surface area (Å²) >= 11 is 12.2. The third-order valence-corrected chi connectivity index (χ3v) is 4.81. The van der Waals surface area contributed by atoms with Gasteiger partial charge in [-0.25, -0.2) is 4.99 Å². The molecule has 0 atom stereocenters. The molecule has 1 aromatic heterocycles. The number of nitrogens with one attached hydrogen (secondary N) is 3. The minimum absolute atomic E-state index is 0. The Balaban J connectivity index is 0.00000392. The van der Waals surface area contributed by atoms with E-state index in [0.717, 1.165) is 17.8 Å². The lowest BCUT2D eigenvalue weighted by atomic mass is 10.1. The van der Waals surface area contributed by atoms with E-state index in [9.17, 15) is 4.79 Å². The van der Waals surface area contributed by atoms with Crippen molar-refractivity contribution in [3.05, 3.63) is 57.3 Å². The van der Waals surface area contributed by atoms with Crippen molar-refractivity contribution in [1.29, 1.82) is 0 Å². The number of hydrogen-bond acceptors (Lipinski definition) is 2. The molecule has 2 rings (SSSR count). The molecule has 2 aromatic rings. The predicted octanol–water partition coefficient (Wildman–Crippen LogP) is 3.95. The average molecular weight is 538 g/mol. The van der Waals surface area contributed by atoms with Gasteiger partial charge in [-0.2, -0.15) is 0 Å². The summed E-state index contributed by atoms with van der Waals surface area (Å²) in [5.74, 6) is 0.626. The maximum atomic E-state index is 11.8. The van der Waals surface area contributed by atoms with Gasteiger partial charge in [-0.15, -0.1) is 24.0 Å². The third kappa shape index (κ3) is 6.86. The molecule has 1 aromatic carbocycles. The number of carbonyl (C=O) groups excluding carboxylic acids is 1. The number of guanidine groups is 1. The van der Waals surface area contributed by atoms with Gasteiger partial charge in [0.1, 0.15) is 5.15 Å². The zero-order valence-electron chi connectivity index (χ0n) is 16.2. The second-order valence-electron chi connectivity index (χ2n) is 5.94. The van der Waals surface area contributed by atoms with Crippen LogP contribution in [0, 0.1) is 0 Å². The van der Waals surface area contributed by atoms with Gasteiger partial charge in [-0.1, -0.05) is 35.3 Å². The van der Waals surface area contributed by atoms with E-state index in [4.69, 9.17) is 23.2 Å². The predicted molar refractivity (Wildman–Crippen MR) is 127 cm³/mol. The van der Waals surface area contributed by atoms with Crippen LogP contribution in [0.1, 0.15) is 35.5 Å². The first-order valence-corrected chi connectivity index (χ1v) is 9.60. The van der Waals surface area contributed by atoms with E-state index in [2.05, 4.69) is 20.9 Å². The van der Waals surface area contributed by atoms with Crippen LogP contribution in [-0.4, -0.2) is 29.5 Å². The fourth-order valence-corrected chi connectivity index (χ4v) is 2.88. The minimum Gasteiger partial charge on any atom is -0.357 e. The Hall–Kier alpha value is -1.45. The summed E-state index contributed by atoms with van der Waals surface area (Å²) in [5, 5.41) is 10.3. The molecule has 28 heavy (non-hydrogen) atoms. The van der Waals surface area contributed by atoms with Gasteiger partial charge in [0.15, 0.2) is 5.96 Å². The first-order valence-electron chi connectivity index (χ1n) is 8.85. The van der Waals surface area contributed by atoms with Crippen LogP contribution in [0.4, 0.5) is 0 Å². The Kier molecular flexibility index (Phi) is 10.7. The van der Waals surface area contributed by atoms with Crippen molar-refractivity contribution in [3.8, 4) is 0 Å². The van der Waals surface area contributed by atoms with Crippen LogP contribution >= 0.6 is 47.2 Å². The monoisotopic (exact) mass is 537 g/mol. The molecule has 1 heterocycles. The fourth-order valence-electron chi connectivity index (χ4n) is 2.47. The lowest BCUT2D eigenvalue weighted by Gasteiger charge is -2.12. The summed E-state index contributed by atoms with van der Waals surface area (Å²) in [6, 6.07) is 9.28. The molecule has 1 amide bonds. The fraction of sp³-hybridized carbons (Fsp3) is 0.368. The lowest BCUT2D eigenvalue weighted by molar-refractivity contribution is 0.0956. The minimum atomic E-state index is -0.0672. The SMILES string of the molecule is CCNC(=O)c1ccc(CN=C(NCC)NCc2cc(Cl)c(Cl)n2C)cc1.I. The molecule has 0 saturated heterocycles. The van der Waals surface area contributed by atoms with E-state index in [1.807, 2.05) is 55.8 Å². The molecule has 0 spiro atoms. The van der Waals surface area contributed by atoms with Crippen LogP contribution < -0.4 is 16.0 Å². The standard InChI is InChI=1S/C19H25Cl2N5O.HI/c1-4-22-18(27)14-8-6-13(7-9-14)11-24-19(23-5-2)25-12-15-10-16(20)17(21)26(15)3;/h6-10H,4-5,11-12H2,1-3H3,(H,22,27)(H2,23,24,25);1H. The van der Waals surface area contributed by atoms with Gasteiger partial charge in [0.25, 0.3) is 5.91 Å². The molecule has 0 fully saturated rings. The second kappa shape index (κ2) is 12.2. The molecule has 0 aliphatic rings. The Bertz CT molecular complexity index is 805. The number of benzene rings is 1. The maximum absolute atomic E-state index is 11.8. The van der Waals surface area contributed by atoms with E-state index >= 15 is 0 Å². The van der Waals surface area contributed by atoms with Gasteiger partial charge in [-0.3, -0.25) is 4.79 Å². The van der Waals surface area contributed by atoms with Crippen molar-refractivity contribution in [1.82, 2.24) is 20.5 Å². The molecule has 154 valence electrons. The highest BCUT2D eigenvalue weighted by atomic mass is 127. The summed E-state index contributed by atoms with van der Waals surface area (Å²) in [4.78, 5) is 16.4. The van der Waals surface area contributed by atoms with Gasteiger partial charge >= 0.3 is 0 Å². The molecule has 0 aliphatic carbocycles. The summed E-state index contributed by atoms with van der Waals surface area (Å²) in [7, 11) is 1.87. The van der Waals surface area contributed by atoms with E-state index < -0.39 is 0 Å². The van der Waals surface area contributed by atoms with Crippen LogP contribution in [0.15, 0.2) is 35.3 Å². The van der Waals surface area contributed by atoms with Crippen molar-refractivity contribution in [2.45, 2.75) is 26.9 Å². The summed E-state index contributed by atoms with van der Waals surface area (Å²) in [6.45, 7) is 6.31. The Labute approximate surface area is 193 Å². The number of carbonyl (C=O) groups is 1. The number of nitrogens with zero attached hydrogens (tertiary/aromatic N) is 2. The maximum Gasteiger partial charge on any atom is 0.251 e. The third-order valence-electron chi connectivity index (χ3n) is 3.97. The first-order chi connectivity index (χ1) is 13.0. The Morgan fingerprint density at radius 3 is 2.25 bits per heavy atom. The van der Waals surface area contributed by atoms with Crippen LogP contribution in [0.3, 0.4) is 0 Å². The molecular formula is C19H26Cl2IN5O. The normalized spacial score (nSPS) is 11.0. The molecule has 0 aliphatic heterocycles. The van der Waals surface area contributed by atoms with Crippen molar-refractivity contribution < 1.29 is 4.79 Å². The molecule has 0 saturated carbocycles. The molecule has 0 bridgehead atoms. The second-order valence-corrected chi connectivity index (χ2v) is 6.70. The van der Waals surface area contributed by atoms with Crippen molar-refractivity contribution >= 4 is 59.0 Å². The number of amides is 1. The van der Waals surface area contributed by atoms with Gasteiger partial charge in [-0.05, 0) is 37.6 Å². The highest BCUT2D eigenvalue weighted by Crippen LogP contribution is 2.24. The summed E-state index contributed by atoms with van der Waals surface area (Å²) in [5.41, 5.74) is 2.62. The van der Waals surface area contributed by atoms with Gasteiger partial charge < -0.3 is 20.5 Å². The van der Waals surface area contributed by atoms with E-state index in [-0.39, 0.29) is 29.9 Å². The van der Waals surface area contributed by atoms with Gasteiger partial charge in [0.05, 0.1) is 18.1 Å². The van der Waals surface area contributed by atoms with E-state index in [0.29, 0.717) is 41.3 Å². The number of hydrogen-bond donors (Lipinski definition) is 3. The van der Waals surface area contributed by atoms with Crippen molar-refractivity contribution in [2.24, 2.45) is 12.0 Å².